The number of thiocarbonyl (C=S) groups is 1. The third-order valence-electron chi connectivity index (χ3n) is 4.22. The molecule has 1 amide bonds. The molecule has 28 heavy (non-hydrogen) atoms. The number of halogens is 1. The third-order valence-corrected chi connectivity index (χ3v) is 4.54. The van der Waals surface area contributed by atoms with Crippen molar-refractivity contribution in [3.63, 3.8) is 0 Å². The van der Waals surface area contributed by atoms with Crippen LogP contribution >= 0.6 is 12.2 Å². The van der Waals surface area contributed by atoms with Crippen LogP contribution in [0.25, 0.3) is 6.08 Å². The summed E-state index contributed by atoms with van der Waals surface area (Å²) in [5.74, 6) is 0.672. The van der Waals surface area contributed by atoms with Crippen molar-refractivity contribution < 1.29 is 18.7 Å². The highest BCUT2D eigenvalue weighted by Crippen LogP contribution is 2.30. The smallest absolute Gasteiger partial charge is 0.276 e. The zero-order chi connectivity index (χ0) is 20.1. The van der Waals surface area contributed by atoms with Crippen LogP contribution in [0, 0.1) is 5.82 Å². The molecule has 1 aliphatic rings. The maximum absolute atomic E-state index is 13.0. The van der Waals surface area contributed by atoms with Crippen LogP contribution in [-0.4, -0.2) is 29.6 Å². The Labute approximate surface area is 168 Å². The van der Waals surface area contributed by atoms with Gasteiger partial charge in [-0.25, -0.2) is 4.39 Å². The van der Waals surface area contributed by atoms with Gasteiger partial charge in [0.15, 0.2) is 16.6 Å². The largest absolute Gasteiger partial charge is 0.493 e. The summed E-state index contributed by atoms with van der Waals surface area (Å²) in [4.78, 5) is 14.0. The van der Waals surface area contributed by atoms with Crippen molar-refractivity contribution in [3.05, 3.63) is 65.1 Å². The molecule has 0 spiro atoms. The molecule has 1 saturated heterocycles. The Morgan fingerprint density at radius 1 is 1.18 bits per heavy atom. The molecule has 0 aliphatic carbocycles. The van der Waals surface area contributed by atoms with Gasteiger partial charge in [-0.3, -0.25) is 9.69 Å². The summed E-state index contributed by atoms with van der Waals surface area (Å²) in [7, 11) is 1.55. The van der Waals surface area contributed by atoms with E-state index in [1.165, 1.54) is 12.1 Å². The van der Waals surface area contributed by atoms with E-state index in [0.29, 0.717) is 28.9 Å². The molecular weight excluding hydrogens is 379 g/mol. The van der Waals surface area contributed by atoms with Gasteiger partial charge in [0, 0.05) is 6.54 Å². The second kappa shape index (κ2) is 8.84. The average molecular weight is 400 g/mol. The molecule has 146 valence electrons. The maximum atomic E-state index is 13.0. The van der Waals surface area contributed by atoms with Gasteiger partial charge in [-0.1, -0.05) is 25.1 Å². The average Bonchev–Trinajstić information content (AvgIpc) is 2.96. The number of hydrogen-bond acceptors (Lipinski definition) is 4. The van der Waals surface area contributed by atoms with Crippen LogP contribution in [0.4, 0.5) is 4.39 Å². The van der Waals surface area contributed by atoms with Crippen LogP contribution < -0.4 is 14.8 Å². The number of nitrogens with zero attached hydrogens (tertiary/aromatic N) is 1. The molecule has 1 fully saturated rings. The molecule has 3 rings (SSSR count). The Morgan fingerprint density at radius 3 is 2.61 bits per heavy atom. The topological polar surface area (TPSA) is 50.8 Å². The Hall–Kier alpha value is -2.93. The quantitative estimate of drug-likeness (QED) is 0.565. The van der Waals surface area contributed by atoms with E-state index < -0.39 is 0 Å². The summed E-state index contributed by atoms with van der Waals surface area (Å²) in [5.41, 5.74) is 2.06. The van der Waals surface area contributed by atoms with Crippen LogP contribution in [0.3, 0.4) is 0 Å². The number of carbonyl (C=O) groups is 1. The van der Waals surface area contributed by atoms with Crippen LogP contribution in [-0.2, 0) is 11.4 Å². The van der Waals surface area contributed by atoms with E-state index in [9.17, 15) is 9.18 Å². The van der Waals surface area contributed by atoms with E-state index in [2.05, 4.69) is 5.32 Å². The Kier molecular flexibility index (Phi) is 6.26. The first kappa shape index (κ1) is 19.8. The number of amides is 1. The van der Waals surface area contributed by atoms with Crippen molar-refractivity contribution in [3.8, 4) is 11.5 Å². The summed E-state index contributed by atoms with van der Waals surface area (Å²) >= 11 is 5.22. The number of benzene rings is 2. The minimum Gasteiger partial charge on any atom is -0.493 e. The van der Waals surface area contributed by atoms with E-state index in [0.717, 1.165) is 17.5 Å². The lowest BCUT2D eigenvalue weighted by molar-refractivity contribution is -0.122. The highest BCUT2D eigenvalue weighted by molar-refractivity contribution is 7.80. The molecule has 0 aromatic heterocycles. The van der Waals surface area contributed by atoms with E-state index in [1.54, 1.807) is 42.4 Å². The first-order valence-corrected chi connectivity index (χ1v) is 9.32. The second-order valence-electron chi connectivity index (χ2n) is 6.27. The lowest BCUT2D eigenvalue weighted by Gasteiger charge is -2.12. The molecule has 0 atom stereocenters. The van der Waals surface area contributed by atoms with Crippen molar-refractivity contribution in [2.75, 3.05) is 13.7 Å². The van der Waals surface area contributed by atoms with Gasteiger partial charge in [0.2, 0.25) is 0 Å². The number of rotatable bonds is 7. The molecule has 1 aliphatic heterocycles. The van der Waals surface area contributed by atoms with E-state index in [4.69, 9.17) is 21.7 Å². The first-order chi connectivity index (χ1) is 13.5. The molecule has 5 nitrogen and oxygen atoms in total. The van der Waals surface area contributed by atoms with Crippen molar-refractivity contribution >= 4 is 29.3 Å². The van der Waals surface area contributed by atoms with Crippen LogP contribution in [0.1, 0.15) is 24.5 Å². The molecule has 0 saturated carbocycles. The first-order valence-electron chi connectivity index (χ1n) is 8.91. The van der Waals surface area contributed by atoms with Crippen molar-refractivity contribution in [1.29, 1.82) is 0 Å². The van der Waals surface area contributed by atoms with Gasteiger partial charge in [-0.2, -0.15) is 0 Å². The summed E-state index contributed by atoms with van der Waals surface area (Å²) in [5, 5.41) is 3.38. The Balaban J connectivity index is 1.75. The SMILES string of the molecule is CCCN1C(=O)/C(=C/c2ccc(OCc3ccc(F)cc3)c(OC)c2)NC1=S. The van der Waals surface area contributed by atoms with Gasteiger partial charge < -0.3 is 14.8 Å². The van der Waals surface area contributed by atoms with Crippen molar-refractivity contribution in [2.45, 2.75) is 20.0 Å². The predicted molar refractivity (Wildman–Crippen MR) is 109 cm³/mol. The molecule has 0 radical (unpaired) electrons. The number of ether oxygens (including phenoxy) is 2. The standard InChI is InChI=1S/C21H21FN2O3S/c1-3-10-24-20(25)17(23-21(24)28)11-15-6-9-18(19(12-15)26-2)27-13-14-4-7-16(22)8-5-14/h4-9,11-12H,3,10,13H2,1-2H3,(H,23,28)/b17-11-. The number of nitrogens with one attached hydrogen (secondary N) is 1. The lowest BCUT2D eigenvalue weighted by atomic mass is 10.1. The Bertz CT molecular complexity index is 912. The molecule has 1 heterocycles. The summed E-state index contributed by atoms with van der Waals surface area (Å²) in [6.07, 6.45) is 2.56. The van der Waals surface area contributed by atoms with E-state index >= 15 is 0 Å². The summed E-state index contributed by atoms with van der Waals surface area (Å²) in [6, 6.07) is 11.5. The second-order valence-corrected chi connectivity index (χ2v) is 6.66. The molecule has 0 unspecified atom stereocenters. The van der Waals surface area contributed by atoms with Crippen molar-refractivity contribution in [1.82, 2.24) is 10.2 Å². The van der Waals surface area contributed by atoms with Crippen molar-refractivity contribution in [2.24, 2.45) is 0 Å². The zero-order valence-electron chi connectivity index (χ0n) is 15.7. The normalized spacial score (nSPS) is 15.1. The minimum atomic E-state index is -0.286. The highest BCUT2D eigenvalue weighted by atomic mass is 32.1. The van der Waals surface area contributed by atoms with Crippen LogP contribution in [0.15, 0.2) is 48.2 Å². The summed E-state index contributed by atoms with van der Waals surface area (Å²) < 4.78 is 24.2. The maximum Gasteiger partial charge on any atom is 0.276 e. The summed E-state index contributed by atoms with van der Waals surface area (Å²) in [6.45, 7) is 2.87. The van der Waals surface area contributed by atoms with Gasteiger partial charge >= 0.3 is 0 Å². The van der Waals surface area contributed by atoms with Gasteiger partial charge in [0.05, 0.1) is 7.11 Å². The number of carbonyl (C=O) groups excluding carboxylic acids is 1. The lowest BCUT2D eigenvalue weighted by Crippen LogP contribution is -2.31. The monoisotopic (exact) mass is 400 g/mol. The Morgan fingerprint density at radius 2 is 1.93 bits per heavy atom. The van der Waals surface area contributed by atoms with Gasteiger partial charge in [-0.15, -0.1) is 0 Å². The predicted octanol–water partition coefficient (Wildman–Crippen LogP) is 3.88. The number of methoxy groups -OCH3 is 1. The molecular formula is C21H21FN2O3S. The molecule has 7 heteroatoms. The zero-order valence-corrected chi connectivity index (χ0v) is 16.5. The molecule has 2 aromatic rings. The molecule has 1 N–H and O–H groups in total. The van der Waals surface area contributed by atoms with Gasteiger partial charge in [0.1, 0.15) is 18.1 Å². The van der Waals surface area contributed by atoms with Gasteiger partial charge in [-0.05, 0) is 60.1 Å². The third kappa shape index (κ3) is 4.48. The van der Waals surface area contributed by atoms with Crippen LogP contribution in [0.5, 0.6) is 11.5 Å². The van der Waals surface area contributed by atoms with E-state index in [-0.39, 0.29) is 18.3 Å². The van der Waals surface area contributed by atoms with Gasteiger partial charge in [0.25, 0.3) is 5.91 Å². The highest BCUT2D eigenvalue weighted by Gasteiger charge is 2.29. The number of hydrogen-bond donors (Lipinski definition) is 1. The fraction of sp³-hybridized carbons (Fsp3) is 0.238. The molecule has 2 aromatic carbocycles. The fourth-order valence-corrected chi connectivity index (χ4v) is 3.08. The van der Waals surface area contributed by atoms with Crippen LogP contribution in [0.2, 0.25) is 0 Å². The fourth-order valence-electron chi connectivity index (χ4n) is 2.80. The minimum absolute atomic E-state index is 0.137. The molecule has 0 bridgehead atoms. The van der Waals surface area contributed by atoms with E-state index in [1.807, 2.05) is 13.0 Å².